The summed E-state index contributed by atoms with van der Waals surface area (Å²) in [6.45, 7) is 4.87. The van der Waals surface area contributed by atoms with Crippen LogP contribution in [0.25, 0.3) is 21.7 Å². The molecule has 2 saturated heterocycles. The molecule has 238 valence electrons. The molecule has 3 aromatic carbocycles. The number of anilines is 1. The van der Waals surface area contributed by atoms with Gasteiger partial charge in [-0.2, -0.15) is 0 Å². The third-order valence-corrected chi connectivity index (χ3v) is 8.46. The molecular formula is C35H37N5O6. The first-order chi connectivity index (χ1) is 22.5. The number of amides is 3. The number of pyridine rings is 1. The van der Waals surface area contributed by atoms with Crippen molar-refractivity contribution in [2.45, 2.75) is 25.3 Å². The Hall–Kier alpha value is -4.87. The van der Waals surface area contributed by atoms with Gasteiger partial charge >= 0.3 is 0 Å². The summed E-state index contributed by atoms with van der Waals surface area (Å²) in [4.78, 5) is 60.5. The number of ketones is 1. The number of ether oxygens (including phenoxy) is 2. The molecule has 2 aliphatic rings. The van der Waals surface area contributed by atoms with Crippen LogP contribution in [0, 0.1) is 0 Å². The van der Waals surface area contributed by atoms with Crippen molar-refractivity contribution < 1.29 is 28.7 Å². The fraction of sp³-hybridized carbons (Fsp3) is 0.343. The Kier molecular flexibility index (Phi) is 9.80. The monoisotopic (exact) mass is 623 g/mol. The van der Waals surface area contributed by atoms with Crippen LogP contribution in [0.3, 0.4) is 0 Å². The second kappa shape index (κ2) is 14.5. The molecule has 3 amide bonds. The van der Waals surface area contributed by atoms with E-state index in [1.165, 1.54) is 4.90 Å². The molecule has 0 spiro atoms. The van der Waals surface area contributed by atoms with E-state index in [0.717, 1.165) is 50.0 Å². The van der Waals surface area contributed by atoms with Crippen molar-refractivity contribution in [3.05, 3.63) is 78.5 Å². The molecule has 1 atom stereocenters. The van der Waals surface area contributed by atoms with Gasteiger partial charge in [0.2, 0.25) is 11.7 Å². The van der Waals surface area contributed by atoms with Crippen molar-refractivity contribution in [3.63, 3.8) is 0 Å². The second-order valence-electron chi connectivity index (χ2n) is 11.5. The lowest BCUT2D eigenvalue weighted by atomic mass is 10.1. The van der Waals surface area contributed by atoms with Crippen LogP contribution in [0.15, 0.2) is 72.9 Å². The van der Waals surface area contributed by atoms with Gasteiger partial charge in [0.15, 0.2) is 0 Å². The molecule has 2 N–H and O–H groups in total. The van der Waals surface area contributed by atoms with E-state index >= 15 is 0 Å². The molecule has 2 aliphatic heterocycles. The van der Waals surface area contributed by atoms with Gasteiger partial charge in [-0.25, -0.2) is 0 Å². The zero-order valence-corrected chi connectivity index (χ0v) is 25.6. The Balaban J connectivity index is 1.04. The van der Waals surface area contributed by atoms with E-state index in [1.54, 1.807) is 36.5 Å². The molecule has 1 unspecified atom stereocenters. The average Bonchev–Trinajstić information content (AvgIpc) is 3.59. The largest absolute Gasteiger partial charge is 0.494 e. The van der Waals surface area contributed by atoms with Crippen LogP contribution in [0.2, 0.25) is 0 Å². The molecule has 0 aliphatic carbocycles. The lowest BCUT2D eigenvalue weighted by Crippen LogP contribution is -2.48. The summed E-state index contributed by atoms with van der Waals surface area (Å²) >= 11 is 0. The lowest BCUT2D eigenvalue weighted by molar-refractivity contribution is -0.141. The Bertz CT molecular complexity index is 1750. The predicted octanol–water partition coefficient (Wildman–Crippen LogP) is 3.42. The zero-order chi connectivity index (χ0) is 31.9. The molecule has 0 saturated carbocycles. The normalized spacial score (nSPS) is 16.8. The summed E-state index contributed by atoms with van der Waals surface area (Å²) in [5.41, 5.74) is 1.49. The molecule has 1 aromatic heterocycles. The van der Waals surface area contributed by atoms with Crippen molar-refractivity contribution in [2.75, 3.05) is 57.9 Å². The topological polar surface area (TPSA) is 130 Å². The van der Waals surface area contributed by atoms with Crippen molar-refractivity contribution in [1.82, 2.24) is 20.1 Å². The van der Waals surface area contributed by atoms with Gasteiger partial charge in [0.1, 0.15) is 11.8 Å². The van der Waals surface area contributed by atoms with Crippen molar-refractivity contribution in [1.29, 1.82) is 0 Å². The maximum absolute atomic E-state index is 13.2. The number of rotatable bonds is 11. The molecule has 4 aromatic rings. The van der Waals surface area contributed by atoms with Gasteiger partial charge in [0.05, 0.1) is 37.4 Å². The maximum atomic E-state index is 13.2. The third kappa shape index (κ3) is 7.32. The Morgan fingerprint density at radius 3 is 2.61 bits per heavy atom. The van der Waals surface area contributed by atoms with Crippen LogP contribution in [0.4, 0.5) is 5.69 Å². The minimum Gasteiger partial charge on any atom is -0.494 e. The smallest absolute Gasteiger partial charge is 0.293 e. The first-order valence-electron chi connectivity index (χ1n) is 15.7. The van der Waals surface area contributed by atoms with E-state index in [1.807, 2.05) is 36.4 Å². The van der Waals surface area contributed by atoms with Gasteiger partial charge in [0, 0.05) is 43.4 Å². The first kappa shape index (κ1) is 31.1. The van der Waals surface area contributed by atoms with E-state index < -0.39 is 29.5 Å². The minimum absolute atomic E-state index is 0.309. The number of hydrogen-bond donors (Lipinski definition) is 2. The summed E-state index contributed by atoms with van der Waals surface area (Å²) < 4.78 is 11.4. The fourth-order valence-electron chi connectivity index (χ4n) is 6.02. The Morgan fingerprint density at radius 2 is 1.76 bits per heavy atom. The number of hydrogen-bond acceptors (Lipinski definition) is 8. The van der Waals surface area contributed by atoms with E-state index in [4.69, 9.17) is 9.47 Å². The van der Waals surface area contributed by atoms with Gasteiger partial charge in [-0.3, -0.25) is 29.1 Å². The first-order valence-corrected chi connectivity index (χ1v) is 15.7. The van der Waals surface area contributed by atoms with Crippen LogP contribution >= 0.6 is 0 Å². The summed E-state index contributed by atoms with van der Waals surface area (Å²) in [5, 5.41) is 7.93. The van der Waals surface area contributed by atoms with Crippen molar-refractivity contribution in [2.24, 2.45) is 0 Å². The Morgan fingerprint density at radius 1 is 0.935 bits per heavy atom. The standard InChI is InChI=1S/C35H37N5O6/c41-32(40-15-3-7-31(40)33(42)35(44)38-26-9-8-24-5-1-2-6-25(24)21-26)23-37-34(43)28-12-13-36-30-11-10-27(22-29(28)30)46-18-4-14-39-16-19-45-20-17-39/h1-2,5-6,8-13,21-22,31H,3-4,7,14-20,23H2,(H,37,43)(H,38,44). The summed E-state index contributed by atoms with van der Waals surface area (Å²) in [7, 11) is 0. The van der Waals surface area contributed by atoms with Gasteiger partial charge in [-0.1, -0.05) is 30.3 Å². The molecule has 6 rings (SSSR count). The molecule has 11 nitrogen and oxygen atoms in total. The number of fused-ring (bicyclic) bond motifs is 2. The molecule has 0 radical (unpaired) electrons. The number of nitrogens with zero attached hydrogens (tertiary/aromatic N) is 3. The number of carbonyl (C=O) groups is 4. The summed E-state index contributed by atoms with van der Waals surface area (Å²) in [5.74, 6) is -1.69. The molecule has 0 bridgehead atoms. The highest BCUT2D eigenvalue weighted by atomic mass is 16.5. The number of benzene rings is 3. The van der Waals surface area contributed by atoms with Crippen molar-refractivity contribution in [3.8, 4) is 5.75 Å². The number of likely N-dealkylation sites (tertiary alicyclic amines) is 1. The zero-order valence-electron chi connectivity index (χ0n) is 25.6. The molecule has 46 heavy (non-hydrogen) atoms. The summed E-state index contributed by atoms with van der Waals surface area (Å²) in [6, 6.07) is 19.3. The number of Topliss-reactive ketones (excluding diaryl/α,β-unsaturated/α-hetero) is 1. The summed E-state index contributed by atoms with van der Waals surface area (Å²) in [6.07, 6.45) is 3.38. The van der Waals surface area contributed by atoms with Crippen LogP contribution < -0.4 is 15.4 Å². The number of aromatic nitrogens is 1. The second-order valence-corrected chi connectivity index (χ2v) is 11.5. The Labute approximate surface area is 266 Å². The highest BCUT2D eigenvalue weighted by molar-refractivity contribution is 6.42. The van der Waals surface area contributed by atoms with E-state index in [9.17, 15) is 19.2 Å². The number of morpholine rings is 1. The SMILES string of the molecule is O=C(Nc1ccc2ccccc2c1)C(=O)C1CCCN1C(=O)CNC(=O)c1ccnc2ccc(OCCCN3CCOCC3)cc12. The number of carbonyl (C=O) groups excluding carboxylic acids is 4. The van der Waals surface area contributed by atoms with Crippen LogP contribution in [0.1, 0.15) is 29.6 Å². The fourth-order valence-corrected chi connectivity index (χ4v) is 6.02. The lowest BCUT2D eigenvalue weighted by Gasteiger charge is -2.26. The van der Waals surface area contributed by atoms with E-state index in [0.29, 0.717) is 53.9 Å². The van der Waals surface area contributed by atoms with Gasteiger partial charge in [-0.05, 0) is 66.4 Å². The highest BCUT2D eigenvalue weighted by Crippen LogP contribution is 2.24. The van der Waals surface area contributed by atoms with Gasteiger partial charge in [0.25, 0.3) is 11.8 Å². The van der Waals surface area contributed by atoms with Crippen LogP contribution in [-0.2, 0) is 19.1 Å². The molecule has 2 fully saturated rings. The maximum Gasteiger partial charge on any atom is 0.293 e. The molecular weight excluding hydrogens is 586 g/mol. The third-order valence-electron chi connectivity index (χ3n) is 8.46. The van der Waals surface area contributed by atoms with E-state index in [-0.39, 0.29) is 6.54 Å². The van der Waals surface area contributed by atoms with Gasteiger partial charge in [-0.15, -0.1) is 0 Å². The van der Waals surface area contributed by atoms with E-state index in [2.05, 4.69) is 20.5 Å². The number of nitrogens with one attached hydrogen (secondary N) is 2. The predicted molar refractivity (Wildman–Crippen MR) is 174 cm³/mol. The van der Waals surface area contributed by atoms with Crippen molar-refractivity contribution >= 4 is 50.9 Å². The van der Waals surface area contributed by atoms with Crippen LogP contribution in [-0.4, -0.2) is 96.9 Å². The minimum atomic E-state index is -0.880. The quantitative estimate of drug-likeness (QED) is 0.192. The van der Waals surface area contributed by atoms with Crippen LogP contribution in [0.5, 0.6) is 5.75 Å². The van der Waals surface area contributed by atoms with Gasteiger partial charge < -0.3 is 25.0 Å². The highest BCUT2D eigenvalue weighted by Gasteiger charge is 2.37. The molecule has 11 heteroatoms. The average molecular weight is 624 g/mol. The molecule has 3 heterocycles.